The SMILES string of the molecule is CCOc1ccc(-c2c3nc(c(-c4ccc(O)cc4)c4ccc([nH]4)c(-c4ccc(O)cc4)c4nc(c(-c5ccc(O)cc5)c5ccc2[nH]5)C=C4)C=C3)cc1. The molecular weight excluding hydrogens is 673 g/mol. The van der Waals surface area contributed by atoms with Gasteiger partial charge in [-0.05, 0) is 126 Å². The molecule has 5 N–H and O–H groups in total. The molecule has 0 spiro atoms. The molecule has 54 heavy (non-hydrogen) atoms. The topological polar surface area (TPSA) is 127 Å². The first-order chi connectivity index (χ1) is 26.4. The van der Waals surface area contributed by atoms with Crippen molar-refractivity contribution in [3.8, 4) is 67.5 Å². The molecule has 0 aliphatic carbocycles. The van der Waals surface area contributed by atoms with E-state index >= 15 is 0 Å². The molecule has 7 aromatic rings. The quantitative estimate of drug-likeness (QED) is 0.117. The average molecular weight is 707 g/mol. The number of nitrogens with zero attached hydrogens (tertiary/aromatic N) is 2. The zero-order chi connectivity index (χ0) is 36.8. The van der Waals surface area contributed by atoms with Crippen molar-refractivity contribution < 1.29 is 20.1 Å². The molecule has 8 heteroatoms. The zero-order valence-corrected chi connectivity index (χ0v) is 29.2. The third-order valence-corrected chi connectivity index (χ3v) is 9.68. The first-order valence-electron chi connectivity index (χ1n) is 17.7. The number of aromatic hydroxyl groups is 3. The fourth-order valence-corrected chi connectivity index (χ4v) is 7.19. The van der Waals surface area contributed by atoms with Crippen LogP contribution in [0.15, 0.2) is 121 Å². The largest absolute Gasteiger partial charge is 0.508 e. The molecule has 8 bridgehead atoms. The Balaban J connectivity index is 1.44. The predicted octanol–water partition coefficient (Wildman–Crippen LogP) is 10.8. The average Bonchev–Trinajstić information content (AvgIpc) is 4.02. The highest BCUT2D eigenvalue weighted by Crippen LogP contribution is 2.39. The van der Waals surface area contributed by atoms with Gasteiger partial charge in [0.05, 0.1) is 29.4 Å². The summed E-state index contributed by atoms with van der Waals surface area (Å²) < 4.78 is 5.78. The maximum atomic E-state index is 10.2. The Bertz CT molecular complexity index is 2730. The summed E-state index contributed by atoms with van der Waals surface area (Å²) in [5, 5.41) is 30.6. The van der Waals surface area contributed by atoms with Crippen LogP contribution in [-0.2, 0) is 0 Å². The van der Waals surface area contributed by atoms with Gasteiger partial charge < -0.3 is 30.0 Å². The molecule has 3 aromatic heterocycles. The third kappa shape index (κ3) is 5.95. The number of fused-ring (bicyclic) bond motifs is 8. The summed E-state index contributed by atoms with van der Waals surface area (Å²) in [5.41, 5.74) is 13.4. The molecule has 0 fully saturated rings. The second-order valence-electron chi connectivity index (χ2n) is 13.1. The number of ether oxygens (including phenoxy) is 1. The van der Waals surface area contributed by atoms with Crippen molar-refractivity contribution in [2.45, 2.75) is 6.92 Å². The summed E-state index contributed by atoms with van der Waals surface area (Å²) in [6.45, 7) is 2.54. The van der Waals surface area contributed by atoms with Gasteiger partial charge in [0, 0.05) is 44.3 Å². The number of phenols is 3. The molecule has 4 aromatic carbocycles. The first kappa shape index (κ1) is 32.6. The number of aromatic amines is 2. The van der Waals surface area contributed by atoms with E-state index in [2.05, 4.69) is 22.1 Å². The molecule has 0 atom stereocenters. The highest BCUT2D eigenvalue weighted by Gasteiger charge is 2.19. The van der Waals surface area contributed by atoms with Gasteiger partial charge in [0.25, 0.3) is 0 Å². The van der Waals surface area contributed by atoms with Crippen molar-refractivity contribution in [1.82, 2.24) is 19.9 Å². The Kier molecular flexibility index (Phi) is 8.05. The molecule has 9 rings (SSSR count). The Hall–Kier alpha value is -7.32. The van der Waals surface area contributed by atoms with Crippen molar-refractivity contribution >= 4 is 46.4 Å². The van der Waals surface area contributed by atoms with E-state index in [1.807, 2.05) is 104 Å². The first-order valence-corrected chi connectivity index (χ1v) is 17.7. The maximum absolute atomic E-state index is 10.2. The van der Waals surface area contributed by atoms with Crippen LogP contribution in [0.25, 0.3) is 90.9 Å². The van der Waals surface area contributed by atoms with E-state index in [1.165, 1.54) is 0 Å². The third-order valence-electron chi connectivity index (χ3n) is 9.68. The molecule has 0 unspecified atom stereocenters. The van der Waals surface area contributed by atoms with E-state index in [-0.39, 0.29) is 17.2 Å². The Morgan fingerprint density at radius 3 is 0.963 bits per heavy atom. The molecule has 262 valence electrons. The lowest BCUT2D eigenvalue weighted by Crippen LogP contribution is -1.92. The van der Waals surface area contributed by atoms with Gasteiger partial charge in [-0.25, -0.2) is 9.97 Å². The highest BCUT2D eigenvalue weighted by atomic mass is 16.5. The van der Waals surface area contributed by atoms with Crippen LogP contribution >= 0.6 is 0 Å². The molecule has 0 amide bonds. The van der Waals surface area contributed by atoms with Crippen LogP contribution in [0.3, 0.4) is 0 Å². The molecule has 0 radical (unpaired) electrons. The Morgan fingerprint density at radius 1 is 0.407 bits per heavy atom. The van der Waals surface area contributed by atoms with Gasteiger partial charge in [-0.2, -0.15) is 0 Å². The van der Waals surface area contributed by atoms with Crippen molar-refractivity contribution in [1.29, 1.82) is 0 Å². The molecule has 2 aliphatic rings. The molecule has 2 aliphatic heterocycles. The maximum Gasteiger partial charge on any atom is 0.119 e. The van der Waals surface area contributed by atoms with Crippen LogP contribution in [0.2, 0.25) is 0 Å². The van der Waals surface area contributed by atoms with Gasteiger partial charge in [-0.15, -0.1) is 0 Å². The van der Waals surface area contributed by atoms with Crippen LogP contribution in [0.4, 0.5) is 0 Å². The van der Waals surface area contributed by atoms with Crippen molar-refractivity contribution in [2.24, 2.45) is 0 Å². The summed E-state index contributed by atoms with van der Waals surface area (Å²) in [6.07, 6.45) is 8.08. The normalized spacial score (nSPS) is 11.9. The molecule has 0 saturated heterocycles. The van der Waals surface area contributed by atoms with Crippen LogP contribution in [0, 0.1) is 0 Å². The van der Waals surface area contributed by atoms with Crippen molar-refractivity contribution in [2.75, 3.05) is 6.61 Å². The number of phenolic OH excluding ortho intramolecular Hbond substituents is 3. The molecule has 8 nitrogen and oxygen atoms in total. The zero-order valence-electron chi connectivity index (χ0n) is 29.2. The number of nitrogens with one attached hydrogen (secondary N) is 2. The number of benzene rings is 4. The fourth-order valence-electron chi connectivity index (χ4n) is 7.19. The molecule has 5 heterocycles. The van der Waals surface area contributed by atoms with E-state index in [9.17, 15) is 15.3 Å². The lowest BCUT2D eigenvalue weighted by atomic mass is 10.0. The van der Waals surface area contributed by atoms with Gasteiger partial charge in [0.15, 0.2) is 0 Å². The lowest BCUT2D eigenvalue weighted by Gasteiger charge is -2.08. The minimum atomic E-state index is 0.170. The minimum Gasteiger partial charge on any atom is -0.508 e. The monoisotopic (exact) mass is 706 g/mol. The second-order valence-corrected chi connectivity index (χ2v) is 13.1. The highest BCUT2D eigenvalue weighted by molar-refractivity contribution is 5.99. The van der Waals surface area contributed by atoms with Crippen molar-refractivity contribution in [3.05, 3.63) is 144 Å². The summed E-state index contributed by atoms with van der Waals surface area (Å²) in [5.74, 6) is 1.31. The van der Waals surface area contributed by atoms with E-state index < -0.39 is 0 Å². The van der Waals surface area contributed by atoms with Crippen molar-refractivity contribution in [3.63, 3.8) is 0 Å². The van der Waals surface area contributed by atoms with Crippen LogP contribution in [0.1, 0.15) is 29.7 Å². The van der Waals surface area contributed by atoms with Crippen LogP contribution < -0.4 is 4.74 Å². The number of aromatic nitrogens is 4. The van der Waals surface area contributed by atoms with Gasteiger partial charge in [-0.1, -0.05) is 48.5 Å². The number of hydrogen-bond acceptors (Lipinski definition) is 6. The summed E-state index contributed by atoms with van der Waals surface area (Å²) in [4.78, 5) is 18.0. The summed E-state index contributed by atoms with van der Waals surface area (Å²) >= 11 is 0. The van der Waals surface area contributed by atoms with Crippen LogP contribution in [0.5, 0.6) is 23.0 Å². The summed E-state index contributed by atoms with van der Waals surface area (Å²) in [6, 6.07) is 37.6. The van der Waals surface area contributed by atoms with E-state index in [0.29, 0.717) is 6.61 Å². The number of H-pyrrole nitrogens is 2. The van der Waals surface area contributed by atoms with E-state index in [0.717, 1.165) is 95.1 Å². The summed E-state index contributed by atoms with van der Waals surface area (Å²) in [7, 11) is 0. The van der Waals surface area contributed by atoms with E-state index in [4.69, 9.17) is 14.7 Å². The van der Waals surface area contributed by atoms with Gasteiger partial charge in [0.1, 0.15) is 23.0 Å². The lowest BCUT2D eigenvalue weighted by molar-refractivity contribution is 0.340. The number of rotatable bonds is 6. The minimum absolute atomic E-state index is 0.170. The van der Waals surface area contributed by atoms with E-state index in [1.54, 1.807) is 36.4 Å². The second kappa shape index (κ2) is 13.3. The van der Waals surface area contributed by atoms with Gasteiger partial charge in [0.2, 0.25) is 0 Å². The Morgan fingerprint density at radius 2 is 0.685 bits per heavy atom. The Labute approximate surface area is 310 Å². The van der Waals surface area contributed by atoms with Gasteiger partial charge in [-0.3, -0.25) is 0 Å². The van der Waals surface area contributed by atoms with Gasteiger partial charge >= 0.3 is 0 Å². The molecule has 0 saturated carbocycles. The smallest absolute Gasteiger partial charge is 0.119 e. The van der Waals surface area contributed by atoms with Crippen LogP contribution in [-0.4, -0.2) is 41.9 Å². The molecular formula is C46H34N4O4. The number of hydrogen-bond donors (Lipinski definition) is 5. The predicted molar refractivity (Wildman–Crippen MR) is 217 cm³/mol. The standard InChI is InChI=1S/C46H34N4O4/c1-2-54-34-17-9-30(10-18-34)46-41-25-23-39(49-41)44(28-5-13-32(52)14-6-28)37-21-19-35(47-37)43(27-3-11-31(51)12-4-27)36-20-22-38(48-36)45(40-24-26-42(46)50-40)29-7-15-33(53)16-8-29/h3-26,47,50-53H,2H2,1H3. The fraction of sp³-hybridized carbons (Fsp3) is 0.0435.